The Kier molecular flexibility index (Phi) is 6.12. The van der Waals surface area contributed by atoms with E-state index < -0.39 is 21.7 Å². The summed E-state index contributed by atoms with van der Waals surface area (Å²) in [5.74, 6) is -0.819. The first-order valence-corrected chi connectivity index (χ1v) is 14.2. The van der Waals surface area contributed by atoms with Gasteiger partial charge in [-0.2, -0.15) is 4.31 Å². The normalized spacial score (nSPS) is 16.8. The van der Waals surface area contributed by atoms with Crippen LogP contribution in [0.15, 0.2) is 94.2 Å². The van der Waals surface area contributed by atoms with Gasteiger partial charge < -0.3 is 9.73 Å². The van der Waals surface area contributed by atoms with Crippen molar-refractivity contribution >= 4 is 33.3 Å². The van der Waals surface area contributed by atoms with Crippen LogP contribution in [-0.4, -0.2) is 26.2 Å². The maximum Gasteiger partial charge on any atom is 0.273 e. The summed E-state index contributed by atoms with van der Waals surface area (Å²) in [4.78, 5) is 27.7. The van der Waals surface area contributed by atoms with Gasteiger partial charge in [0.05, 0.1) is 5.56 Å². The Morgan fingerprint density at radius 3 is 2.16 bits per heavy atom. The number of ketones is 1. The van der Waals surface area contributed by atoms with Gasteiger partial charge in [0.15, 0.2) is 5.76 Å². The van der Waals surface area contributed by atoms with Crippen molar-refractivity contribution in [3.63, 3.8) is 0 Å². The Hall–Kier alpha value is -4.17. The van der Waals surface area contributed by atoms with Crippen LogP contribution in [0, 0.1) is 0 Å². The second-order valence-electron chi connectivity index (χ2n) is 9.60. The number of furan rings is 1. The fourth-order valence-corrected chi connectivity index (χ4v) is 6.90. The molecule has 1 N–H and O–H groups in total. The van der Waals surface area contributed by atoms with Crippen LogP contribution in [0.25, 0.3) is 11.3 Å². The molecule has 3 aromatic carbocycles. The van der Waals surface area contributed by atoms with Crippen molar-refractivity contribution in [2.24, 2.45) is 0 Å². The molecule has 1 amide bonds. The average Bonchev–Trinajstić information content (AvgIpc) is 3.41. The topological polar surface area (TPSA) is 96.7 Å². The third kappa shape index (κ3) is 4.01. The minimum atomic E-state index is -4.29. The highest BCUT2D eigenvalue weighted by molar-refractivity contribution is 7.94. The van der Waals surface area contributed by atoms with Crippen molar-refractivity contribution in [2.75, 3.05) is 9.62 Å². The van der Waals surface area contributed by atoms with Crippen molar-refractivity contribution in [3.05, 3.63) is 102 Å². The SMILES string of the molecule is O=C(c1ccccc1)c1c(NC2CCCCC2)oc(-c2ccccc2)c1N1C(=O)c2ccccc2S1(=O)=O. The van der Waals surface area contributed by atoms with E-state index in [1.165, 1.54) is 12.1 Å². The molecule has 0 spiro atoms. The number of anilines is 2. The Labute approximate surface area is 221 Å². The van der Waals surface area contributed by atoms with Crippen molar-refractivity contribution in [1.82, 2.24) is 0 Å². The van der Waals surface area contributed by atoms with Gasteiger partial charge in [-0.3, -0.25) is 9.59 Å². The number of nitrogens with zero attached hydrogens (tertiary/aromatic N) is 1. The lowest BCUT2D eigenvalue weighted by atomic mass is 9.95. The number of benzene rings is 3. The zero-order chi connectivity index (χ0) is 26.3. The number of rotatable bonds is 6. The molecule has 1 fully saturated rings. The van der Waals surface area contributed by atoms with E-state index in [0.717, 1.165) is 36.4 Å². The summed E-state index contributed by atoms with van der Waals surface area (Å²) in [5, 5.41) is 3.40. The van der Waals surface area contributed by atoms with Gasteiger partial charge in [-0.05, 0) is 25.0 Å². The summed E-state index contributed by atoms with van der Waals surface area (Å²) in [6, 6.07) is 23.7. The molecule has 192 valence electrons. The molecular formula is C30H26N2O5S. The Morgan fingerprint density at radius 2 is 1.47 bits per heavy atom. The zero-order valence-corrected chi connectivity index (χ0v) is 21.4. The van der Waals surface area contributed by atoms with Crippen LogP contribution in [0.3, 0.4) is 0 Å². The lowest BCUT2D eigenvalue weighted by Crippen LogP contribution is -2.31. The standard InChI is InChI=1S/C30H26N2O5S/c33-27(20-12-4-1-5-13-20)25-26(32-30(34)23-18-10-11-19-24(23)38(32,35)36)28(21-14-6-2-7-15-21)37-29(25)31-22-16-8-3-9-17-22/h1-2,4-7,10-15,18-19,22,31H,3,8-9,16-17H2. The molecule has 0 atom stereocenters. The highest BCUT2D eigenvalue weighted by Gasteiger charge is 2.47. The van der Waals surface area contributed by atoms with Crippen molar-refractivity contribution < 1.29 is 22.4 Å². The second kappa shape index (κ2) is 9.61. The van der Waals surface area contributed by atoms with Crippen molar-refractivity contribution in [2.45, 2.75) is 43.0 Å². The van der Waals surface area contributed by atoms with Crippen LogP contribution >= 0.6 is 0 Å². The van der Waals surface area contributed by atoms with E-state index in [0.29, 0.717) is 11.1 Å². The fourth-order valence-electron chi connectivity index (χ4n) is 5.29. The van der Waals surface area contributed by atoms with E-state index in [-0.39, 0.29) is 39.4 Å². The lowest BCUT2D eigenvalue weighted by molar-refractivity contribution is 0.101. The molecule has 0 radical (unpaired) electrons. The quantitative estimate of drug-likeness (QED) is 0.298. The molecule has 2 heterocycles. The molecule has 1 aliphatic heterocycles. The van der Waals surface area contributed by atoms with Crippen molar-refractivity contribution in [3.8, 4) is 11.3 Å². The van der Waals surface area contributed by atoms with Crippen LogP contribution in [0.5, 0.6) is 0 Å². The fraction of sp³-hybridized carbons (Fsp3) is 0.200. The van der Waals surface area contributed by atoms with Gasteiger partial charge in [0, 0.05) is 17.2 Å². The summed E-state index contributed by atoms with van der Waals surface area (Å²) in [6.07, 6.45) is 5.05. The maximum absolute atomic E-state index is 14.1. The minimum absolute atomic E-state index is 0.0327. The predicted molar refractivity (Wildman–Crippen MR) is 145 cm³/mol. The third-order valence-electron chi connectivity index (χ3n) is 7.15. The van der Waals surface area contributed by atoms with Gasteiger partial charge in [-0.25, -0.2) is 8.42 Å². The van der Waals surface area contributed by atoms with E-state index >= 15 is 0 Å². The first-order chi connectivity index (χ1) is 18.5. The van der Waals surface area contributed by atoms with E-state index in [2.05, 4.69) is 5.32 Å². The number of fused-ring (bicyclic) bond motifs is 1. The first kappa shape index (κ1) is 24.2. The number of hydrogen-bond acceptors (Lipinski definition) is 6. The zero-order valence-electron chi connectivity index (χ0n) is 20.6. The summed E-state index contributed by atoms with van der Waals surface area (Å²) in [6.45, 7) is 0. The van der Waals surface area contributed by atoms with E-state index in [1.807, 2.05) is 6.07 Å². The second-order valence-corrected chi connectivity index (χ2v) is 11.4. The molecule has 1 aromatic heterocycles. The molecule has 6 rings (SSSR count). The molecular weight excluding hydrogens is 500 g/mol. The number of nitrogens with one attached hydrogen (secondary N) is 1. The molecule has 8 heteroatoms. The molecule has 4 aromatic rings. The molecule has 1 saturated carbocycles. The molecule has 0 bridgehead atoms. The molecule has 0 unspecified atom stereocenters. The van der Waals surface area contributed by atoms with E-state index in [1.54, 1.807) is 66.7 Å². The van der Waals surface area contributed by atoms with Gasteiger partial charge in [-0.1, -0.05) is 92.1 Å². The summed E-state index contributed by atoms with van der Waals surface area (Å²) in [7, 11) is -4.29. The molecule has 0 saturated heterocycles. The number of amides is 1. The van der Waals surface area contributed by atoms with Gasteiger partial charge in [-0.15, -0.1) is 0 Å². The van der Waals surface area contributed by atoms with Gasteiger partial charge >= 0.3 is 0 Å². The number of carbonyl (C=O) groups excluding carboxylic acids is 2. The highest BCUT2D eigenvalue weighted by Crippen LogP contribution is 2.47. The Bertz CT molecular complexity index is 1620. The van der Waals surface area contributed by atoms with Gasteiger partial charge in [0.2, 0.25) is 11.7 Å². The van der Waals surface area contributed by atoms with Gasteiger partial charge in [0.25, 0.3) is 15.9 Å². The van der Waals surface area contributed by atoms with Crippen molar-refractivity contribution in [1.29, 1.82) is 0 Å². The van der Waals surface area contributed by atoms with Crippen LogP contribution in [0.1, 0.15) is 58.4 Å². The van der Waals surface area contributed by atoms with E-state index in [4.69, 9.17) is 4.42 Å². The lowest BCUT2D eigenvalue weighted by Gasteiger charge is -2.23. The summed E-state index contributed by atoms with van der Waals surface area (Å²) < 4.78 is 34.7. The molecule has 7 nitrogen and oxygen atoms in total. The smallest absolute Gasteiger partial charge is 0.273 e. The highest BCUT2D eigenvalue weighted by atomic mass is 32.2. The molecule has 1 aliphatic carbocycles. The number of hydrogen-bond donors (Lipinski definition) is 1. The third-order valence-corrected chi connectivity index (χ3v) is 8.89. The van der Waals surface area contributed by atoms with Crippen LogP contribution < -0.4 is 9.62 Å². The minimum Gasteiger partial charge on any atom is -0.438 e. The first-order valence-electron chi connectivity index (χ1n) is 12.7. The number of carbonyl (C=O) groups is 2. The van der Waals surface area contributed by atoms with E-state index in [9.17, 15) is 18.0 Å². The monoisotopic (exact) mass is 526 g/mol. The maximum atomic E-state index is 14.1. The van der Waals surface area contributed by atoms with Gasteiger partial charge in [0.1, 0.15) is 16.1 Å². The summed E-state index contributed by atoms with van der Waals surface area (Å²) in [5.41, 5.74) is 0.949. The van der Waals surface area contributed by atoms with Crippen LogP contribution in [-0.2, 0) is 10.0 Å². The largest absolute Gasteiger partial charge is 0.438 e. The van der Waals surface area contributed by atoms with Crippen LogP contribution in [0.4, 0.5) is 11.6 Å². The summed E-state index contributed by atoms with van der Waals surface area (Å²) >= 11 is 0. The Morgan fingerprint density at radius 1 is 0.842 bits per heavy atom. The molecule has 2 aliphatic rings. The Balaban J connectivity index is 1.62. The predicted octanol–water partition coefficient (Wildman–Crippen LogP) is 6.27. The number of sulfonamides is 1. The molecule has 38 heavy (non-hydrogen) atoms. The van der Waals surface area contributed by atoms with Crippen LogP contribution in [0.2, 0.25) is 0 Å². The average molecular weight is 527 g/mol.